The Balaban J connectivity index is 2.01. The minimum Gasteiger partial charge on any atom is -0.493 e. The zero-order valence-electron chi connectivity index (χ0n) is 10.2. The van der Waals surface area contributed by atoms with Crippen LogP contribution >= 0.6 is 0 Å². The zero-order valence-corrected chi connectivity index (χ0v) is 10.2. The number of rotatable bonds is 3. The molecule has 0 saturated heterocycles. The zero-order chi connectivity index (χ0) is 12.6. The molecule has 1 aliphatic carbocycles. The van der Waals surface area contributed by atoms with Crippen LogP contribution in [0.5, 0.6) is 5.75 Å². The Bertz CT molecular complexity index is 470. The van der Waals surface area contributed by atoms with Gasteiger partial charge in [0.1, 0.15) is 11.3 Å². The minimum absolute atomic E-state index is 0.326. The van der Waals surface area contributed by atoms with Crippen LogP contribution in [0, 0.1) is 0 Å². The van der Waals surface area contributed by atoms with E-state index in [1.165, 1.54) is 6.42 Å². The molecule has 1 aliphatic heterocycles. The first-order valence-electron chi connectivity index (χ1n) is 6.46. The van der Waals surface area contributed by atoms with E-state index in [0.717, 1.165) is 18.4 Å². The van der Waals surface area contributed by atoms with E-state index in [-0.39, 0.29) is 0 Å². The van der Waals surface area contributed by atoms with E-state index in [9.17, 15) is 9.90 Å². The summed E-state index contributed by atoms with van der Waals surface area (Å²) < 4.78 is 5.56. The predicted molar refractivity (Wildman–Crippen MR) is 66.6 cm³/mol. The van der Waals surface area contributed by atoms with Gasteiger partial charge in [0.2, 0.25) is 0 Å². The molecule has 0 aromatic heterocycles. The van der Waals surface area contributed by atoms with E-state index >= 15 is 0 Å². The molecule has 1 saturated carbocycles. The highest BCUT2D eigenvalue weighted by Crippen LogP contribution is 2.39. The maximum atomic E-state index is 11.8. The number of ether oxygens (including phenoxy) is 1. The lowest BCUT2D eigenvalue weighted by Crippen LogP contribution is -2.57. The summed E-state index contributed by atoms with van der Waals surface area (Å²) in [4.78, 5) is 11.8. The van der Waals surface area contributed by atoms with Gasteiger partial charge in [0.25, 0.3) is 0 Å². The van der Waals surface area contributed by atoms with Crippen molar-refractivity contribution in [1.82, 2.24) is 5.32 Å². The highest BCUT2D eigenvalue weighted by Gasteiger charge is 2.46. The Morgan fingerprint density at radius 2 is 2.17 bits per heavy atom. The van der Waals surface area contributed by atoms with Gasteiger partial charge in [0.15, 0.2) is 0 Å². The molecule has 96 valence electrons. The molecule has 0 amide bonds. The lowest BCUT2D eigenvalue weighted by Gasteiger charge is -2.41. The summed E-state index contributed by atoms with van der Waals surface area (Å²) in [5.74, 6) is -0.108. The van der Waals surface area contributed by atoms with Gasteiger partial charge in [-0.25, -0.2) is 4.79 Å². The van der Waals surface area contributed by atoms with Crippen LogP contribution in [0.25, 0.3) is 0 Å². The second-order valence-electron chi connectivity index (χ2n) is 5.08. The van der Waals surface area contributed by atoms with Crippen molar-refractivity contribution >= 4 is 5.97 Å². The number of hydrogen-bond donors (Lipinski definition) is 2. The van der Waals surface area contributed by atoms with Crippen molar-refractivity contribution < 1.29 is 14.6 Å². The van der Waals surface area contributed by atoms with Crippen LogP contribution in [-0.2, 0) is 10.3 Å². The number of carboxylic acids is 1. The van der Waals surface area contributed by atoms with E-state index < -0.39 is 11.5 Å². The van der Waals surface area contributed by atoms with Crippen molar-refractivity contribution in [2.45, 2.75) is 37.3 Å². The molecule has 1 aromatic carbocycles. The van der Waals surface area contributed by atoms with Gasteiger partial charge < -0.3 is 9.84 Å². The third kappa shape index (κ3) is 1.68. The number of hydrogen-bond acceptors (Lipinski definition) is 3. The van der Waals surface area contributed by atoms with Gasteiger partial charge in [-0.2, -0.15) is 0 Å². The van der Waals surface area contributed by atoms with Crippen LogP contribution in [0.1, 0.15) is 31.2 Å². The topological polar surface area (TPSA) is 58.6 Å². The quantitative estimate of drug-likeness (QED) is 0.856. The number of aliphatic carboxylic acids is 1. The second kappa shape index (κ2) is 4.28. The second-order valence-corrected chi connectivity index (χ2v) is 5.08. The summed E-state index contributed by atoms with van der Waals surface area (Å²) in [5.41, 5.74) is -0.212. The fourth-order valence-corrected chi connectivity index (χ4v) is 2.73. The van der Waals surface area contributed by atoms with Gasteiger partial charge in [0, 0.05) is 18.0 Å². The standard InChI is InChI=1S/C14H17NO3/c16-13(17)14(15-10-4-3-5-10)8-9-18-12-7-2-1-6-11(12)14/h1-2,6-7,10,15H,3-5,8-9H2,(H,16,17). The largest absolute Gasteiger partial charge is 0.493 e. The van der Waals surface area contributed by atoms with E-state index in [0.29, 0.717) is 24.8 Å². The smallest absolute Gasteiger partial charge is 0.328 e. The molecule has 0 radical (unpaired) electrons. The molecule has 2 N–H and O–H groups in total. The molecule has 4 heteroatoms. The van der Waals surface area contributed by atoms with Gasteiger partial charge in [-0.1, -0.05) is 24.6 Å². The van der Waals surface area contributed by atoms with E-state index in [4.69, 9.17) is 4.74 Å². The Hall–Kier alpha value is -1.55. The predicted octanol–water partition coefficient (Wildman–Crippen LogP) is 1.89. The summed E-state index contributed by atoms with van der Waals surface area (Å²) in [6, 6.07) is 7.77. The molecule has 1 fully saturated rings. The summed E-state index contributed by atoms with van der Waals surface area (Å²) >= 11 is 0. The fraction of sp³-hybridized carbons (Fsp3) is 0.500. The monoisotopic (exact) mass is 247 g/mol. The number of carbonyl (C=O) groups is 1. The Morgan fingerprint density at radius 3 is 2.83 bits per heavy atom. The first kappa shape index (κ1) is 11.5. The Kier molecular flexibility index (Phi) is 2.74. The van der Waals surface area contributed by atoms with E-state index in [1.54, 1.807) is 0 Å². The van der Waals surface area contributed by atoms with Crippen LogP contribution in [0.4, 0.5) is 0 Å². The number of fused-ring (bicyclic) bond motifs is 1. The summed E-state index contributed by atoms with van der Waals surface area (Å²) in [5, 5.41) is 13.0. The van der Waals surface area contributed by atoms with Gasteiger partial charge in [-0.05, 0) is 18.9 Å². The van der Waals surface area contributed by atoms with Crippen LogP contribution < -0.4 is 10.1 Å². The molecule has 0 spiro atoms. The summed E-state index contributed by atoms with van der Waals surface area (Å²) in [6.45, 7) is 0.447. The molecule has 1 atom stereocenters. The fourth-order valence-electron chi connectivity index (χ4n) is 2.73. The minimum atomic E-state index is -0.972. The maximum Gasteiger partial charge on any atom is 0.328 e. The SMILES string of the molecule is O=C(O)C1(NC2CCC2)CCOc2ccccc21. The number of para-hydroxylation sites is 1. The van der Waals surface area contributed by atoms with Crippen LogP contribution in [0.15, 0.2) is 24.3 Å². The number of carboxylic acid groups (broad SMARTS) is 1. The molecule has 1 unspecified atom stereocenters. The molecule has 18 heavy (non-hydrogen) atoms. The first-order valence-corrected chi connectivity index (χ1v) is 6.46. The lowest BCUT2D eigenvalue weighted by atomic mass is 9.81. The first-order chi connectivity index (χ1) is 8.72. The Labute approximate surface area is 106 Å². The molecule has 1 aromatic rings. The van der Waals surface area contributed by atoms with Crippen LogP contribution in [-0.4, -0.2) is 23.7 Å². The van der Waals surface area contributed by atoms with Crippen molar-refractivity contribution in [3.8, 4) is 5.75 Å². The molecule has 1 heterocycles. The molecule has 0 bridgehead atoms. The number of nitrogens with one attached hydrogen (secondary N) is 1. The molecular weight excluding hydrogens is 230 g/mol. The van der Waals surface area contributed by atoms with Crippen molar-refractivity contribution in [2.75, 3.05) is 6.61 Å². The van der Waals surface area contributed by atoms with Gasteiger partial charge in [-0.3, -0.25) is 5.32 Å². The molecular formula is C14H17NO3. The van der Waals surface area contributed by atoms with Gasteiger partial charge >= 0.3 is 5.97 Å². The average molecular weight is 247 g/mol. The summed E-state index contributed by atoms with van der Waals surface area (Å²) in [7, 11) is 0. The average Bonchev–Trinajstić information content (AvgIpc) is 2.33. The molecule has 4 nitrogen and oxygen atoms in total. The van der Waals surface area contributed by atoms with Crippen LogP contribution in [0.2, 0.25) is 0 Å². The highest BCUT2D eigenvalue weighted by molar-refractivity contribution is 5.82. The van der Waals surface area contributed by atoms with Gasteiger partial charge in [0.05, 0.1) is 6.61 Å². The van der Waals surface area contributed by atoms with E-state index in [1.807, 2.05) is 24.3 Å². The van der Waals surface area contributed by atoms with Crippen molar-refractivity contribution in [3.05, 3.63) is 29.8 Å². The van der Waals surface area contributed by atoms with Crippen molar-refractivity contribution in [3.63, 3.8) is 0 Å². The third-order valence-corrected chi connectivity index (χ3v) is 4.00. The molecule has 3 rings (SSSR count). The Morgan fingerprint density at radius 1 is 1.39 bits per heavy atom. The van der Waals surface area contributed by atoms with E-state index in [2.05, 4.69) is 5.32 Å². The third-order valence-electron chi connectivity index (χ3n) is 4.00. The highest BCUT2D eigenvalue weighted by atomic mass is 16.5. The summed E-state index contributed by atoms with van der Waals surface area (Å²) in [6.07, 6.45) is 3.80. The lowest BCUT2D eigenvalue weighted by molar-refractivity contribution is -0.147. The maximum absolute atomic E-state index is 11.8. The number of benzene rings is 1. The van der Waals surface area contributed by atoms with Crippen molar-refractivity contribution in [2.24, 2.45) is 0 Å². The normalized spacial score (nSPS) is 26.9. The van der Waals surface area contributed by atoms with Crippen LogP contribution in [0.3, 0.4) is 0 Å². The molecule has 2 aliphatic rings. The van der Waals surface area contributed by atoms with Gasteiger partial charge in [-0.15, -0.1) is 0 Å². The van der Waals surface area contributed by atoms with Crippen molar-refractivity contribution in [1.29, 1.82) is 0 Å².